The zero-order valence-corrected chi connectivity index (χ0v) is 14.6. The van der Waals surface area contributed by atoms with E-state index in [2.05, 4.69) is 29.5 Å². The van der Waals surface area contributed by atoms with Gasteiger partial charge in [-0.25, -0.2) is 0 Å². The summed E-state index contributed by atoms with van der Waals surface area (Å²) in [4.78, 5) is 16.2. The van der Waals surface area contributed by atoms with Gasteiger partial charge in [0.25, 0.3) is 5.91 Å². The van der Waals surface area contributed by atoms with Gasteiger partial charge in [-0.2, -0.15) is 0 Å². The zero-order chi connectivity index (χ0) is 16.8. The first-order valence-electron chi connectivity index (χ1n) is 7.42. The summed E-state index contributed by atoms with van der Waals surface area (Å²) in [5.74, 6) is 0.370. The van der Waals surface area contributed by atoms with Crippen molar-refractivity contribution in [1.82, 2.24) is 10.3 Å². The van der Waals surface area contributed by atoms with Gasteiger partial charge in [0.05, 0.1) is 10.0 Å². The Balaban J connectivity index is 2.04. The Hall–Kier alpha value is -1.78. The molecule has 0 aliphatic heterocycles. The van der Waals surface area contributed by atoms with Crippen LogP contribution in [-0.2, 0) is 0 Å². The third kappa shape index (κ3) is 5.41. The molecule has 2 N–H and O–H groups in total. The third-order valence-corrected chi connectivity index (χ3v) is 3.95. The molecular weight excluding hydrogens is 333 g/mol. The van der Waals surface area contributed by atoms with E-state index in [9.17, 15) is 4.79 Å². The molecule has 0 saturated heterocycles. The average molecular weight is 352 g/mol. The Labute approximate surface area is 146 Å². The van der Waals surface area contributed by atoms with E-state index in [0.717, 1.165) is 17.8 Å². The summed E-state index contributed by atoms with van der Waals surface area (Å²) in [6.07, 6.45) is 2.53. The lowest BCUT2D eigenvalue weighted by Gasteiger charge is -2.10. The molecule has 23 heavy (non-hydrogen) atoms. The number of aromatic nitrogens is 1. The molecule has 0 atom stereocenters. The lowest BCUT2D eigenvalue weighted by molar-refractivity contribution is 0.0947. The van der Waals surface area contributed by atoms with Crippen molar-refractivity contribution in [3.63, 3.8) is 0 Å². The summed E-state index contributed by atoms with van der Waals surface area (Å²) in [5.41, 5.74) is 1.92. The average Bonchev–Trinajstić information content (AvgIpc) is 2.51. The molecule has 0 saturated carbocycles. The molecule has 6 heteroatoms. The van der Waals surface area contributed by atoms with Gasteiger partial charge in [0, 0.05) is 24.1 Å². The molecule has 1 amide bonds. The number of pyridine rings is 1. The van der Waals surface area contributed by atoms with Crippen LogP contribution in [0.15, 0.2) is 36.5 Å². The number of benzene rings is 1. The number of nitrogens with one attached hydrogen (secondary N) is 2. The quantitative estimate of drug-likeness (QED) is 0.777. The molecule has 2 aromatic rings. The fraction of sp³-hybridized carbons (Fsp3) is 0.294. The molecule has 0 aliphatic rings. The van der Waals surface area contributed by atoms with Crippen LogP contribution in [0.2, 0.25) is 10.0 Å². The summed E-state index contributed by atoms with van der Waals surface area (Å²) in [6, 6.07) is 8.75. The SMILES string of the molecule is CC(C)CCNC(=O)c1cc(Nc2ccc(Cl)c(Cl)c2)ccn1. The van der Waals surface area contributed by atoms with E-state index >= 15 is 0 Å². The second-order valence-corrected chi connectivity index (χ2v) is 6.44. The highest BCUT2D eigenvalue weighted by atomic mass is 35.5. The second-order valence-electron chi connectivity index (χ2n) is 5.62. The van der Waals surface area contributed by atoms with Gasteiger partial charge in [0.2, 0.25) is 0 Å². The van der Waals surface area contributed by atoms with E-state index < -0.39 is 0 Å². The van der Waals surface area contributed by atoms with Gasteiger partial charge in [-0.1, -0.05) is 37.0 Å². The predicted octanol–water partition coefficient (Wildman–Crippen LogP) is 4.91. The summed E-state index contributed by atoms with van der Waals surface area (Å²) < 4.78 is 0. The van der Waals surface area contributed by atoms with E-state index in [1.54, 1.807) is 30.5 Å². The topological polar surface area (TPSA) is 54.0 Å². The van der Waals surface area contributed by atoms with Crippen LogP contribution in [0.5, 0.6) is 0 Å². The maximum Gasteiger partial charge on any atom is 0.269 e. The van der Waals surface area contributed by atoms with Crippen LogP contribution in [0, 0.1) is 5.92 Å². The molecule has 0 unspecified atom stereocenters. The van der Waals surface area contributed by atoms with Crippen molar-refractivity contribution in [2.75, 3.05) is 11.9 Å². The number of anilines is 2. The molecule has 0 radical (unpaired) electrons. The van der Waals surface area contributed by atoms with Crippen molar-refractivity contribution in [3.8, 4) is 0 Å². The van der Waals surface area contributed by atoms with Crippen molar-refractivity contribution >= 4 is 40.5 Å². The van der Waals surface area contributed by atoms with Crippen LogP contribution in [0.3, 0.4) is 0 Å². The van der Waals surface area contributed by atoms with Crippen molar-refractivity contribution in [2.45, 2.75) is 20.3 Å². The molecule has 122 valence electrons. The number of hydrogen-bond donors (Lipinski definition) is 2. The molecule has 0 spiro atoms. The normalized spacial score (nSPS) is 10.7. The van der Waals surface area contributed by atoms with Gasteiger partial charge < -0.3 is 10.6 Å². The Bertz CT molecular complexity index is 689. The van der Waals surface area contributed by atoms with E-state index in [4.69, 9.17) is 23.2 Å². The minimum Gasteiger partial charge on any atom is -0.355 e. The van der Waals surface area contributed by atoms with E-state index in [0.29, 0.717) is 28.2 Å². The number of rotatable bonds is 6. The molecule has 0 aliphatic carbocycles. The monoisotopic (exact) mass is 351 g/mol. The maximum atomic E-state index is 12.1. The maximum absolute atomic E-state index is 12.1. The van der Waals surface area contributed by atoms with Gasteiger partial charge >= 0.3 is 0 Å². The first kappa shape index (κ1) is 17.6. The molecule has 1 heterocycles. The van der Waals surface area contributed by atoms with E-state index in [1.807, 2.05) is 6.07 Å². The van der Waals surface area contributed by atoms with E-state index in [1.165, 1.54) is 0 Å². The van der Waals surface area contributed by atoms with Crippen molar-refractivity contribution in [2.24, 2.45) is 5.92 Å². The van der Waals surface area contributed by atoms with E-state index in [-0.39, 0.29) is 5.91 Å². The van der Waals surface area contributed by atoms with Crippen LogP contribution >= 0.6 is 23.2 Å². The van der Waals surface area contributed by atoms with Crippen LogP contribution in [0.25, 0.3) is 0 Å². The van der Waals surface area contributed by atoms with Crippen LogP contribution < -0.4 is 10.6 Å². The lowest BCUT2D eigenvalue weighted by Crippen LogP contribution is -2.26. The fourth-order valence-corrected chi connectivity index (χ4v) is 2.24. The number of carbonyl (C=O) groups excluding carboxylic acids is 1. The first-order valence-corrected chi connectivity index (χ1v) is 8.17. The first-order chi connectivity index (χ1) is 11.0. The highest BCUT2D eigenvalue weighted by molar-refractivity contribution is 6.42. The Morgan fingerprint density at radius 1 is 1.13 bits per heavy atom. The number of carbonyl (C=O) groups is 1. The van der Waals surface area contributed by atoms with Gasteiger partial charge in [0.15, 0.2) is 0 Å². The minimum atomic E-state index is -0.177. The fourth-order valence-electron chi connectivity index (χ4n) is 1.94. The Kier molecular flexibility index (Phi) is 6.25. The van der Waals surface area contributed by atoms with Gasteiger partial charge in [-0.15, -0.1) is 0 Å². The van der Waals surface area contributed by atoms with Gasteiger partial charge in [0.1, 0.15) is 5.69 Å². The summed E-state index contributed by atoms with van der Waals surface area (Å²) in [5, 5.41) is 7.02. The molecule has 2 rings (SSSR count). The lowest BCUT2D eigenvalue weighted by atomic mass is 10.1. The molecule has 0 fully saturated rings. The van der Waals surface area contributed by atoms with Gasteiger partial charge in [-0.05, 0) is 42.7 Å². The second kappa shape index (κ2) is 8.18. The molecular formula is C17H19Cl2N3O. The van der Waals surface area contributed by atoms with Crippen LogP contribution in [0.4, 0.5) is 11.4 Å². The predicted molar refractivity (Wildman–Crippen MR) is 95.8 cm³/mol. The summed E-state index contributed by atoms with van der Waals surface area (Å²) >= 11 is 11.9. The summed E-state index contributed by atoms with van der Waals surface area (Å²) in [7, 11) is 0. The Morgan fingerprint density at radius 3 is 2.57 bits per heavy atom. The molecule has 1 aromatic carbocycles. The number of nitrogens with zero attached hydrogens (tertiary/aromatic N) is 1. The highest BCUT2D eigenvalue weighted by Gasteiger charge is 2.08. The standard InChI is InChI=1S/C17H19Cl2N3O/c1-11(2)5-7-21-17(23)16-10-13(6-8-20-16)22-12-3-4-14(18)15(19)9-12/h3-4,6,8-11H,5,7H2,1-2H3,(H,20,22)(H,21,23). The highest BCUT2D eigenvalue weighted by Crippen LogP contribution is 2.26. The smallest absolute Gasteiger partial charge is 0.269 e. The van der Waals surface area contributed by atoms with Crippen LogP contribution in [0.1, 0.15) is 30.8 Å². The molecule has 0 bridgehead atoms. The molecule has 1 aromatic heterocycles. The number of amides is 1. The van der Waals surface area contributed by atoms with Crippen molar-refractivity contribution < 1.29 is 4.79 Å². The van der Waals surface area contributed by atoms with Crippen LogP contribution in [-0.4, -0.2) is 17.4 Å². The minimum absolute atomic E-state index is 0.177. The number of halogens is 2. The summed E-state index contributed by atoms with van der Waals surface area (Å²) in [6.45, 7) is 4.88. The Morgan fingerprint density at radius 2 is 1.87 bits per heavy atom. The largest absolute Gasteiger partial charge is 0.355 e. The van der Waals surface area contributed by atoms with Gasteiger partial charge in [-0.3, -0.25) is 9.78 Å². The third-order valence-electron chi connectivity index (χ3n) is 3.21. The van der Waals surface area contributed by atoms with Crippen molar-refractivity contribution in [1.29, 1.82) is 0 Å². The van der Waals surface area contributed by atoms with Crippen molar-refractivity contribution in [3.05, 3.63) is 52.3 Å². The zero-order valence-electron chi connectivity index (χ0n) is 13.1. The molecule has 4 nitrogen and oxygen atoms in total. The number of hydrogen-bond acceptors (Lipinski definition) is 3.